The third-order valence-corrected chi connectivity index (χ3v) is 3.29. The summed E-state index contributed by atoms with van der Waals surface area (Å²) in [7, 11) is 3.39. The smallest absolute Gasteiger partial charge is 0.289 e. The van der Waals surface area contributed by atoms with Gasteiger partial charge in [0.15, 0.2) is 0 Å². The van der Waals surface area contributed by atoms with Crippen molar-refractivity contribution in [3.63, 3.8) is 0 Å². The lowest BCUT2D eigenvalue weighted by molar-refractivity contribution is 0.232. The van der Waals surface area contributed by atoms with Gasteiger partial charge in [0.1, 0.15) is 5.75 Å². The molecule has 0 N–H and O–H groups in total. The molecule has 3 nitrogen and oxygen atoms in total. The van der Waals surface area contributed by atoms with Crippen molar-refractivity contribution in [2.45, 2.75) is 26.3 Å². The molecule has 1 rings (SSSR count). The first-order valence-corrected chi connectivity index (χ1v) is 6.32. The van der Waals surface area contributed by atoms with Crippen LogP contribution in [-0.4, -0.2) is 23.9 Å². The zero-order valence-electron chi connectivity index (χ0n) is 10.7. The van der Waals surface area contributed by atoms with Crippen LogP contribution in [0.2, 0.25) is 0 Å². The van der Waals surface area contributed by atoms with E-state index in [1.807, 2.05) is 12.1 Å². The van der Waals surface area contributed by atoms with E-state index in [1.165, 1.54) is 5.56 Å². The average Bonchev–Trinajstić information content (AvgIpc) is 2.28. The summed E-state index contributed by atoms with van der Waals surface area (Å²) >= 11 is 2.93. The maximum absolute atomic E-state index is 11.1. The highest BCUT2D eigenvalue weighted by atomic mass is 79.9. The molecular formula is C13H18BrNO2. The average molecular weight is 300 g/mol. The first kappa shape index (κ1) is 14.0. The Balaban J connectivity index is 2.96. The fraction of sp³-hybridized carbons (Fsp3) is 0.462. The molecule has 4 heteroatoms. The van der Waals surface area contributed by atoms with Gasteiger partial charge in [-0.3, -0.25) is 4.79 Å². The molecule has 1 aromatic rings. The van der Waals surface area contributed by atoms with Crippen LogP contribution in [0.3, 0.4) is 0 Å². The van der Waals surface area contributed by atoms with E-state index in [1.54, 1.807) is 19.1 Å². The van der Waals surface area contributed by atoms with Gasteiger partial charge >= 0.3 is 0 Å². The molecule has 0 radical (unpaired) electrons. The number of hydrogen-bond acceptors (Lipinski definition) is 2. The summed E-state index contributed by atoms with van der Waals surface area (Å²) in [5, 5.41) is 0. The Morgan fingerprint density at radius 3 is 2.59 bits per heavy atom. The van der Waals surface area contributed by atoms with E-state index in [2.05, 4.69) is 35.8 Å². The summed E-state index contributed by atoms with van der Waals surface area (Å²) in [5.41, 5.74) is 2.24. The molecule has 0 bridgehead atoms. The molecule has 94 valence electrons. The van der Waals surface area contributed by atoms with Gasteiger partial charge in [0.2, 0.25) is 0 Å². The normalized spacial score (nSPS) is 10.5. The largest absolute Gasteiger partial charge is 0.496 e. The zero-order chi connectivity index (χ0) is 13.0. The van der Waals surface area contributed by atoms with Crippen LogP contribution in [-0.2, 0) is 6.54 Å². The van der Waals surface area contributed by atoms with E-state index in [-0.39, 0.29) is 4.82 Å². The molecule has 0 atom stereocenters. The summed E-state index contributed by atoms with van der Waals surface area (Å²) < 4.78 is 5.36. The molecule has 0 aliphatic rings. The minimum Gasteiger partial charge on any atom is -0.496 e. The van der Waals surface area contributed by atoms with Gasteiger partial charge in [-0.15, -0.1) is 0 Å². The second-order valence-electron chi connectivity index (χ2n) is 4.34. The van der Waals surface area contributed by atoms with Gasteiger partial charge in [0.25, 0.3) is 4.82 Å². The molecule has 17 heavy (non-hydrogen) atoms. The highest BCUT2D eigenvalue weighted by Gasteiger charge is 2.11. The fourth-order valence-electron chi connectivity index (χ4n) is 1.57. The van der Waals surface area contributed by atoms with Gasteiger partial charge in [0, 0.05) is 35.1 Å². The number of amides is 1. The third kappa shape index (κ3) is 3.73. The first-order chi connectivity index (χ1) is 7.95. The Hall–Kier alpha value is -1.03. The Morgan fingerprint density at radius 1 is 1.47 bits per heavy atom. The number of rotatable bonds is 4. The maximum Gasteiger partial charge on any atom is 0.289 e. The van der Waals surface area contributed by atoms with Gasteiger partial charge in [-0.1, -0.05) is 26.0 Å². The SMILES string of the molecule is COc1cc(C(C)C)ccc1CN(C)C(=O)Br. The van der Waals surface area contributed by atoms with Crippen molar-refractivity contribution >= 4 is 20.7 Å². The van der Waals surface area contributed by atoms with Gasteiger partial charge in [-0.05, 0) is 17.5 Å². The molecule has 0 fully saturated rings. The summed E-state index contributed by atoms with van der Waals surface area (Å²) in [6, 6.07) is 6.13. The van der Waals surface area contributed by atoms with Crippen LogP contribution in [0.25, 0.3) is 0 Å². The molecule has 1 aromatic carbocycles. The molecule has 0 aliphatic carbocycles. The minimum atomic E-state index is -0.132. The Labute approximate surface area is 111 Å². The predicted molar refractivity (Wildman–Crippen MR) is 72.9 cm³/mol. The number of carbonyl (C=O) groups excluding carboxylic acids is 1. The number of methoxy groups -OCH3 is 1. The zero-order valence-corrected chi connectivity index (χ0v) is 12.2. The molecule has 0 spiro atoms. The van der Waals surface area contributed by atoms with Crippen LogP contribution in [0.1, 0.15) is 30.9 Å². The van der Waals surface area contributed by atoms with E-state index in [0.29, 0.717) is 12.5 Å². The second-order valence-corrected chi connectivity index (χ2v) is 5.01. The topological polar surface area (TPSA) is 29.5 Å². The van der Waals surface area contributed by atoms with Crippen molar-refractivity contribution < 1.29 is 9.53 Å². The Kier molecular flexibility index (Phi) is 5.00. The fourth-order valence-corrected chi connectivity index (χ4v) is 1.69. The van der Waals surface area contributed by atoms with Crippen molar-refractivity contribution in [3.05, 3.63) is 29.3 Å². The Bertz CT molecular complexity index is 404. The number of halogens is 1. The van der Waals surface area contributed by atoms with Gasteiger partial charge in [0.05, 0.1) is 7.11 Å². The predicted octanol–water partition coefficient (Wildman–Crippen LogP) is 3.77. The lowest BCUT2D eigenvalue weighted by Crippen LogP contribution is -2.20. The van der Waals surface area contributed by atoms with Crippen LogP contribution in [0, 0.1) is 0 Å². The lowest BCUT2D eigenvalue weighted by atomic mass is 10.0. The van der Waals surface area contributed by atoms with Crippen molar-refractivity contribution in [3.8, 4) is 5.75 Å². The van der Waals surface area contributed by atoms with Crippen molar-refractivity contribution in [1.29, 1.82) is 0 Å². The van der Waals surface area contributed by atoms with Crippen molar-refractivity contribution in [2.24, 2.45) is 0 Å². The van der Waals surface area contributed by atoms with Crippen molar-refractivity contribution in [1.82, 2.24) is 4.90 Å². The van der Waals surface area contributed by atoms with Gasteiger partial charge < -0.3 is 9.64 Å². The number of carbonyl (C=O) groups is 1. The van der Waals surface area contributed by atoms with Crippen LogP contribution >= 0.6 is 15.9 Å². The van der Waals surface area contributed by atoms with E-state index in [9.17, 15) is 4.79 Å². The molecule has 0 unspecified atom stereocenters. The van der Waals surface area contributed by atoms with Crippen LogP contribution < -0.4 is 4.74 Å². The minimum absolute atomic E-state index is 0.132. The molecular weight excluding hydrogens is 282 g/mol. The van der Waals surface area contributed by atoms with Crippen LogP contribution in [0.15, 0.2) is 18.2 Å². The van der Waals surface area contributed by atoms with Gasteiger partial charge in [-0.2, -0.15) is 0 Å². The quantitative estimate of drug-likeness (QED) is 0.626. The van der Waals surface area contributed by atoms with Crippen LogP contribution in [0.5, 0.6) is 5.75 Å². The Morgan fingerprint density at radius 2 is 2.12 bits per heavy atom. The van der Waals surface area contributed by atoms with Crippen molar-refractivity contribution in [2.75, 3.05) is 14.2 Å². The van der Waals surface area contributed by atoms with E-state index < -0.39 is 0 Å². The van der Waals surface area contributed by atoms with E-state index >= 15 is 0 Å². The number of ether oxygens (including phenoxy) is 1. The van der Waals surface area contributed by atoms with Gasteiger partial charge in [-0.25, -0.2) is 0 Å². The highest BCUT2D eigenvalue weighted by Crippen LogP contribution is 2.25. The molecule has 0 aromatic heterocycles. The molecule has 0 heterocycles. The summed E-state index contributed by atoms with van der Waals surface area (Å²) in [6.07, 6.45) is 0. The third-order valence-electron chi connectivity index (χ3n) is 2.69. The first-order valence-electron chi connectivity index (χ1n) is 5.53. The number of benzene rings is 1. The summed E-state index contributed by atoms with van der Waals surface area (Å²) in [6.45, 7) is 4.82. The standard InChI is InChI=1S/C13H18BrNO2/c1-9(2)10-5-6-11(12(7-10)17-4)8-15(3)13(14)16/h5-7,9H,8H2,1-4H3. The molecule has 0 aliphatic heterocycles. The summed E-state index contributed by atoms with van der Waals surface area (Å²) in [5.74, 6) is 1.30. The highest BCUT2D eigenvalue weighted by molar-refractivity contribution is 9.18. The molecule has 0 saturated heterocycles. The number of nitrogens with zero attached hydrogens (tertiary/aromatic N) is 1. The lowest BCUT2D eigenvalue weighted by Gasteiger charge is -2.17. The van der Waals surface area contributed by atoms with E-state index in [0.717, 1.165) is 11.3 Å². The van der Waals surface area contributed by atoms with Crippen LogP contribution in [0.4, 0.5) is 4.79 Å². The monoisotopic (exact) mass is 299 g/mol. The summed E-state index contributed by atoms with van der Waals surface area (Å²) in [4.78, 5) is 12.6. The number of hydrogen-bond donors (Lipinski definition) is 0. The van der Waals surface area contributed by atoms with E-state index in [4.69, 9.17) is 4.74 Å². The molecule has 0 saturated carbocycles. The molecule has 1 amide bonds. The maximum atomic E-state index is 11.1. The second kappa shape index (κ2) is 6.05.